The van der Waals surface area contributed by atoms with Gasteiger partial charge in [-0.15, -0.1) is 24.9 Å². The van der Waals surface area contributed by atoms with Crippen molar-refractivity contribution in [3.8, 4) is 0 Å². The van der Waals surface area contributed by atoms with Crippen LogP contribution in [-0.2, 0) is 4.75 Å². The second kappa shape index (κ2) is 11.4. The van der Waals surface area contributed by atoms with E-state index in [2.05, 4.69) is 85.3 Å². The Hall–Kier alpha value is -2.69. The fraction of sp³-hybridized carbons (Fsp3) is 0.323. The van der Waals surface area contributed by atoms with E-state index in [-0.39, 0.29) is 16.3 Å². The van der Waals surface area contributed by atoms with Crippen molar-refractivity contribution in [1.82, 2.24) is 4.90 Å². The van der Waals surface area contributed by atoms with E-state index in [1.165, 1.54) is 34.4 Å². The quantitative estimate of drug-likeness (QED) is 0.262. The van der Waals surface area contributed by atoms with Crippen LogP contribution in [0.2, 0.25) is 0 Å². The third-order valence-corrected chi connectivity index (χ3v) is 8.97. The van der Waals surface area contributed by atoms with Crippen LogP contribution in [-0.4, -0.2) is 30.3 Å². The number of nitrogens with zero attached hydrogens (tertiary/aromatic N) is 1. The SMILES string of the molecule is C=C.Cc1cccc(C2SC3(CCN(CCCC(=O)c4ccc(F)cc4)CC3)c3ccccc32)c1. The van der Waals surface area contributed by atoms with Crippen LogP contribution in [0.1, 0.15) is 63.5 Å². The number of aryl methyl sites for hydroxylation is 1. The molecule has 0 aromatic heterocycles. The van der Waals surface area contributed by atoms with Crippen LogP contribution in [0.15, 0.2) is 86.0 Å². The fourth-order valence-electron chi connectivity index (χ4n) is 5.34. The number of halogens is 1. The molecule has 2 aliphatic heterocycles. The number of benzene rings is 3. The predicted molar refractivity (Wildman–Crippen MR) is 146 cm³/mol. The maximum atomic E-state index is 13.1. The highest BCUT2D eigenvalue weighted by Gasteiger charge is 2.46. The molecule has 182 valence electrons. The standard InChI is InChI=1S/C29H30FNOS.C2H4/c1-21-6-4-7-23(20-21)28-25-8-2-3-9-26(25)29(33-28)15-18-31(19-16-29)17-5-10-27(32)22-11-13-24(30)14-12-22;1-2/h2-4,6-9,11-14,20,28H,5,10,15-19H2,1H3;1-2H2. The molecule has 2 nitrogen and oxygen atoms in total. The first kappa shape index (κ1) is 25.4. The van der Waals surface area contributed by atoms with Crippen molar-refractivity contribution < 1.29 is 9.18 Å². The van der Waals surface area contributed by atoms with E-state index in [4.69, 9.17) is 0 Å². The first-order valence-electron chi connectivity index (χ1n) is 12.4. The molecule has 1 unspecified atom stereocenters. The van der Waals surface area contributed by atoms with Crippen LogP contribution < -0.4 is 0 Å². The van der Waals surface area contributed by atoms with Crippen LogP contribution in [0.5, 0.6) is 0 Å². The highest BCUT2D eigenvalue weighted by atomic mass is 32.2. The summed E-state index contributed by atoms with van der Waals surface area (Å²) in [6.07, 6.45) is 3.64. The molecule has 0 aliphatic carbocycles. The monoisotopic (exact) mass is 487 g/mol. The van der Waals surface area contributed by atoms with Gasteiger partial charge in [0.25, 0.3) is 0 Å². The lowest BCUT2D eigenvalue weighted by Crippen LogP contribution is -2.40. The smallest absolute Gasteiger partial charge is 0.162 e. The number of hydrogen-bond acceptors (Lipinski definition) is 3. The van der Waals surface area contributed by atoms with E-state index in [0.29, 0.717) is 17.2 Å². The van der Waals surface area contributed by atoms with Gasteiger partial charge in [0.05, 0.1) is 5.25 Å². The molecule has 3 aromatic rings. The number of rotatable bonds is 6. The van der Waals surface area contributed by atoms with E-state index >= 15 is 0 Å². The van der Waals surface area contributed by atoms with Gasteiger partial charge < -0.3 is 4.90 Å². The largest absolute Gasteiger partial charge is 0.303 e. The van der Waals surface area contributed by atoms with Gasteiger partial charge in [0.15, 0.2) is 5.78 Å². The lowest BCUT2D eigenvalue weighted by molar-refractivity contribution is 0.0971. The summed E-state index contributed by atoms with van der Waals surface area (Å²) in [7, 11) is 0. The number of carbonyl (C=O) groups excluding carboxylic acids is 1. The van der Waals surface area contributed by atoms with Crippen molar-refractivity contribution in [2.75, 3.05) is 19.6 Å². The second-order valence-electron chi connectivity index (χ2n) is 9.37. The van der Waals surface area contributed by atoms with Crippen molar-refractivity contribution in [3.05, 3.63) is 120 Å². The highest BCUT2D eigenvalue weighted by Crippen LogP contribution is 2.61. The second-order valence-corrected chi connectivity index (χ2v) is 10.9. The van der Waals surface area contributed by atoms with E-state index in [1.807, 2.05) is 0 Å². The first-order chi connectivity index (χ1) is 17.0. The number of thioether (sulfide) groups is 1. The minimum atomic E-state index is -0.301. The summed E-state index contributed by atoms with van der Waals surface area (Å²) in [5.41, 5.74) is 6.33. The lowest BCUT2D eigenvalue weighted by atomic mass is 9.84. The minimum absolute atomic E-state index is 0.102. The molecule has 0 N–H and O–H groups in total. The van der Waals surface area contributed by atoms with Crippen LogP contribution >= 0.6 is 11.8 Å². The van der Waals surface area contributed by atoms with Gasteiger partial charge in [-0.05, 0) is 86.8 Å². The van der Waals surface area contributed by atoms with Gasteiger partial charge in [-0.2, -0.15) is 0 Å². The maximum absolute atomic E-state index is 13.1. The Morgan fingerprint density at radius 3 is 2.46 bits per heavy atom. The van der Waals surface area contributed by atoms with Crippen molar-refractivity contribution in [1.29, 1.82) is 0 Å². The zero-order valence-corrected chi connectivity index (χ0v) is 21.3. The van der Waals surface area contributed by atoms with Gasteiger partial charge in [0.1, 0.15) is 5.82 Å². The van der Waals surface area contributed by atoms with Gasteiger partial charge in [-0.3, -0.25) is 4.79 Å². The van der Waals surface area contributed by atoms with Crippen LogP contribution in [0, 0.1) is 12.7 Å². The van der Waals surface area contributed by atoms with Gasteiger partial charge in [0, 0.05) is 16.7 Å². The Kier molecular flexibility index (Phi) is 8.25. The third-order valence-electron chi connectivity index (χ3n) is 7.13. The van der Waals surface area contributed by atoms with E-state index in [1.54, 1.807) is 12.1 Å². The third kappa shape index (κ3) is 5.60. The summed E-state index contributed by atoms with van der Waals surface area (Å²) in [4.78, 5) is 14.9. The van der Waals surface area contributed by atoms with Gasteiger partial charge in [-0.1, -0.05) is 54.1 Å². The number of likely N-dealkylation sites (tertiary alicyclic amines) is 1. The first-order valence-corrected chi connectivity index (χ1v) is 13.3. The fourth-order valence-corrected chi connectivity index (χ4v) is 7.14. The Bertz CT molecular complexity index is 1150. The highest BCUT2D eigenvalue weighted by molar-refractivity contribution is 8.01. The number of hydrogen-bond donors (Lipinski definition) is 0. The lowest BCUT2D eigenvalue weighted by Gasteiger charge is -2.40. The molecule has 0 amide bonds. The summed E-state index contributed by atoms with van der Waals surface area (Å²) in [5.74, 6) is -0.199. The average molecular weight is 488 g/mol. The van der Waals surface area contributed by atoms with Gasteiger partial charge in [0.2, 0.25) is 0 Å². The summed E-state index contributed by atoms with van der Waals surface area (Å²) < 4.78 is 13.3. The predicted octanol–water partition coefficient (Wildman–Crippen LogP) is 7.73. The van der Waals surface area contributed by atoms with Gasteiger partial charge >= 0.3 is 0 Å². The number of fused-ring (bicyclic) bond motifs is 2. The summed E-state index contributed by atoms with van der Waals surface area (Å²) in [6, 6.07) is 23.9. The zero-order valence-electron chi connectivity index (χ0n) is 20.5. The number of ketones is 1. The molecule has 0 bridgehead atoms. The normalized spacial score (nSPS) is 18.5. The van der Waals surface area contributed by atoms with E-state index in [0.717, 1.165) is 38.9 Å². The maximum Gasteiger partial charge on any atom is 0.162 e. The molecule has 5 rings (SSSR count). The molecular weight excluding hydrogens is 453 g/mol. The molecule has 2 heterocycles. The molecule has 3 aromatic carbocycles. The molecule has 2 aliphatic rings. The Balaban J connectivity index is 0.00000141. The van der Waals surface area contributed by atoms with E-state index in [9.17, 15) is 9.18 Å². The van der Waals surface area contributed by atoms with Crippen LogP contribution in [0.3, 0.4) is 0 Å². The topological polar surface area (TPSA) is 20.3 Å². The van der Waals surface area contributed by atoms with E-state index < -0.39 is 0 Å². The summed E-state index contributed by atoms with van der Waals surface area (Å²) >= 11 is 2.14. The molecule has 1 spiro atoms. The summed E-state index contributed by atoms with van der Waals surface area (Å²) in [5, 5.41) is 0.404. The molecule has 0 radical (unpaired) electrons. The van der Waals surface area contributed by atoms with Crippen molar-refractivity contribution in [2.24, 2.45) is 0 Å². The Morgan fingerprint density at radius 1 is 1.03 bits per heavy atom. The minimum Gasteiger partial charge on any atom is -0.303 e. The number of piperidine rings is 1. The zero-order chi connectivity index (χ0) is 24.8. The van der Waals surface area contributed by atoms with Crippen LogP contribution in [0.25, 0.3) is 0 Å². The molecule has 35 heavy (non-hydrogen) atoms. The van der Waals surface area contributed by atoms with Crippen molar-refractivity contribution >= 4 is 17.5 Å². The van der Waals surface area contributed by atoms with Crippen molar-refractivity contribution in [2.45, 2.75) is 42.6 Å². The van der Waals surface area contributed by atoms with Crippen LogP contribution in [0.4, 0.5) is 4.39 Å². The molecular formula is C31H34FNOS. The summed E-state index contributed by atoms with van der Waals surface area (Å²) in [6.45, 7) is 11.2. The molecule has 4 heteroatoms. The number of carbonyl (C=O) groups is 1. The number of Topliss-reactive ketones (excluding diaryl/α,β-unsaturated/α-hetero) is 1. The Labute approximate surface area is 213 Å². The van der Waals surface area contributed by atoms with Crippen molar-refractivity contribution in [3.63, 3.8) is 0 Å². The average Bonchev–Trinajstić information content (AvgIpc) is 3.21. The molecule has 0 saturated carbocycles. The molecule has 1 saturated heterocycles. The van der Waals surface area contributed by atoms with Gasteiger partial charge in [-0.25, -0.2) is 4.39 Å². The Morgan fingerprint density at radius 2 is 1.74 bits per heavy atom. The molecule has 1 atom stereocenters. The molecule has 1 fully saturated rings.